The Balaban J connectivity index is 1.67. The van der Waals surface area contributed by atoms with Crippen LogP contribution in [0.3, 0.4) is 0 Å². The third-order valence-corrected chi connectivity index (χ3v) is 5.84. The molecule has 0 aliphatic carbocycles. The van der Waals surface area contributed by atoms with Gasteiger partial charge >= 0.3 is 0 Å². The zero-order valence-corrected chi connectivity index (χ0v) is 16.3. The fraction of sp³-hybridized carbons (Fsp3) is 0.200. The van der Waals surface area contributed by atoms with E-state index in [1.54, 1.807) is 11.3 Å². The SMILES string of the molecule is CCC(Br)C(=O)NCc1ccc(-c2nc(-c3ccccc3)cs2)cc1. The Morgan fingerprint density at radius 1 is 1.12 bits per heavy atom. The van der Waals surface area contributed by atoms with Crippen molar-refractivity contribution >= 4 is 33.2 Å². The van der Waals surface area contributed by atoms with E-state index in [-0.39, 0.29) is 10.7 Å². The van der Waals surface area contributed by atoms with Crippen LogP contribution in [0, 0.1) is 0 Å². The van der Waals surface area contributed by atoms with Crippen LogP contribution in [0.15, 0.2) is 60.0 Å². The van der Waals surface area contributed by atoms with Crippen LogP contribution >= 0.6 is 27.3 Å². The monoisotopic (exact) mass is 414 g/mol. The average Bonchev–Trinajstić information content (AvgIpc) is 3.16. The molecule has 1 N–H and O–H groups in total. The number of hydrogen-bond donors (Lipinski definition) is 1. The van der Waals surface area contributed by atoms with Crippen molar-refractivity contribution in [3.05, 3.63) is 65.5 Å². The van der Waals surface area contributed by atoms with Gasteiger partial charge in [0.1, 0.15) is 5.01 Å². The summed E-state index contributed by atoms with van der Waals surface area (Å²) in [6, 6.07) is 18.4. The van der Waals surface area contributed by atoms with Crippen molar-refractivity contribution in [1.82, 2.24) is 10.3 Å². The summed E-state index contributed by atoms with van der Waals surface area (Å²) < 4.78 is 0. The van der Waals surface area contributed by atoms with E-state index in [0.717, 1.165) is 33.8 Å². The molecular weight excluding hydrogens is 396 g/mol. The highest BCUT2D eigenvalue weighted by Crippen LogP contribution is 2.28. The first kappa shape index (κ1) is 17.8. The molecule has 0 spiro atoms. The Bertz CT molecular complexity index is 830. The van der Waals surface area contributed by atoms with Gasteiger partial charge in [-0.15, -0.1) is 11.3 Å². The number of alkyl halides is 1. The lowest BCUT2D eigenvalue weighted by molar-refractivity contribution is -0.120. The fourth-order valence-corrected chi connectivity index (χ4v) is 3.40. The summed E-state index contributed by atoms with van der Waals surface area (Å²) in [4.78, 5) is 16.4. The molecule has 0 fully saturated rings. The van der Waals surface area contributed by atoms with E-state index in [1.165, 1.54) is 0 Å². The topological polar surface area (TPSA) is 42.0 Å². The molecule has 1 unspecified atom stereocenters. The Hall–Kier alpha value is -1.98. The molecule has 1 atom stereocenters. The van der Waals surface area contributed by atoms with Crippen molar-refractivity contribution in [3.8, 4) is 21.8 Å². The molecule has 128 valence electrons. The minimum Gasteiger partial charge on any atom is -0.351 e. The molecule has 25 heavy (non-hydrogen) atoms. The van der Waals surface area contributed by atoms with Gasteiger partial charge in [-0.2, -0.15) is 0 Å². The number of aromatic nitrogens is 1. The maximum Gasteiger partial charge on any atom is 0.234 e. The number of nitrogens with one attached hydrogen (secondary N) is 1. The Kier molecular flexibility index (Phi) is 6.00. The molecule has 5 heteroatoms. The highest BCUT2D eigenvalue weighted by molar-refractivity contribution is 9.10. The number of nitrogens with zero attached hydrogens (tertiary/aromatic N) is 1. The second-order valence-electron chi connectivity index (χ2n) is 5.69. The van der Waals surface area contributed by atoms with Gasteiger partial charge in [0.25, 0.3) is 0 Å². The van der Waals surface area contributed by atoms with Crippen LogP contribution in [0.1, 0.15) is 18.9 Å². The first-order valence-corrected chi connectivity index (χ1v) is 9.99. The Morgan fingerprint density at radius 2 is 1.84 bits per heavy atom. The number of amides is 1. The number of thiazole rings is 1. The van der Waals surface area contributed by atoms with E-state index in [4.69, 9.17) is 4.98 Å². The maximum atomic E-state index is 11.8. The molecule has 0 aliphatic rings. The smallest absolute Gasteiger partial charge is 0.234 e. The van der Waals surface area contributed by atoms with Crippen molar-refractivity contribution in [2.45, 2.75) is 24.7 Å². The number of carbonyl (C=O) groups excluding carboxylic acids is 1. The van der Waals surface area contributed by atoms with Crippen molar-refractivity contribution in [2.75, 3.05) is 0 Å². The quantitative estimate of drug-likeness (QED) is 0.558. The largest absolute Gasteiger partial charge is 0.351 e. The summed E-state index contributed by atoms with van der Waals surface area (Å²) in [5.41, 5.74) is 4.30. The van der Waals surface area contributed by atoms with Gasteiger partial charge in [-0.05, 0) is 12.0 Å². The summed E-state index contributed by atoms with van der Waals surface area (Å²) in [6.45, 7) is 2.51. The zero-order valence-electron chi connectivity index (χ0n) is 13.9. The molecule has 1 aromatic heterocycles. The summed E-state index contributed by atoms with van der Waals surface area (Å²) in [5.74, 6) is 0.0269. The molecule has 3 aromatic rings. The average molecular weight is 415 g/mol. The third kappa shape index (κ3) is 4.55. The molecule has 3 rings (SSSR count). The summed E-state index contributed by atoms with van der Waals surface area (Å²) >= 11 is 5.00. The zero-order chi connectivity index (χ0) is 17.6. The highest BCUT2D eigenvalue weighted by Gasteiger charge is 2.11. The van der Waals surface area contributed by atoms with Crippen LogP contribution in [0.4, 0.5) is 0 Å². The minimum atomic E-state index is -0.126. The van der Waals surface area contributed by atoms with E-state index in [2.05, 4.69) is 50.9 Å². The van der Waals surface area contributed by atoms with E-state index < -0.39 is 0 Å². The van der Waals surface area contributed by atoms with Gasteiger partial charge in [0, 0.05) is 23.1 Å². The minimum absolute atomic E-state index is 0.0269. The number of rotatable bonds is 6. The molecule has 0 bridgehead atoms. The first-order chi connectivity index (χ1) is 12.2. The molecule has 3 nitrogen and oxygen atoms in total. The molecular formula is C20H19BrN2OS. The van der Waals surface area contributed by atoms with Crippen LogP contribution in [-0.2, 0) is 11.3 Å². The van der Waals surface area contributed by atoms with E-state index in [9.17, 15) is 4.79 Å². The van der Waals surface area contributed by atoms with Gasteiger partial charge < -0.3 is 5.32 Å². The standard InChI is InChI=1S/C20H19BrN2OS/c1-2-17(21)19(24)22-12-14-8-10-16(11-9-14)20-23-18(13-25-20)15-6-4-3-5-7-15/h3-11,13,17H,2,12H2,1H3,(H,22,24). The van der Waals surface area contributed by atoms with Crippen LogP contribution in [-0.4, -0.2) is 15.7 Å². The lowest BCUT2D eigenvalue weighted by Gasteiger charge is -2.09. The maximum absolute atomic E-state index is 11.8. The third-order valence-electron chi connectivity index (χ3n) is 3.88. The normalized spacial score (nSPS) is 11.9. The molecule has 0 aliphatic heterocycles. The van der Waals surface area contributed by atoms with Gasteiger partial charge in [0.15, 0.2) is 0 Å². The molecule has 2 aromatic carbocycles. The summed E-state index contributed by atoms with van der Waals surface area (Å²) in [7, 11) is 0. The molecule has 1 amide bonds. The second kappa shape index (κ2) is 8.41. The van der Waals surface area contributed by atoms with Gasteiger partial charge in [-0.25, -0.2) is 4.98 Å². The van der Waals surface area contributed by atoms with Crippen molar-refractivity contribution in [2.24, 2.45) is 0 Å². The molecule has 1 heterocycles. The van der Waals surface area contributed by atoms with Crippen molar-refractivity contribution in [3.63, 3.8) is 0 Å². The van der Waals surface area contributed by atoms with Gasteiger partial charge in [0.2, 0.25) is 5.91 Å². The fourth-order valence-electron chi connectivity index (χ4n) is 2.40. The van der Waals surface area contributed by atoms with E-state index >= 15 is 0 Å². The number of halogens is 1. The Labute approximate surface area is 160 Å². The number of benzene rings is 2. The van der Waals surface area contributed by atoms with Crippen molar-refractivity contribution in [1.29, 1.82) is 0 Å². The number of carbonyl (C=O) groups is 1. The lowest BCUT2D eigenvalue weighted by Crippen LogP contribution is -2.30. The summed E-state index contributed by atoms with van der Waals surface area (Å²) in [5, 5.41) is 6.02. The van der Waals surface area contributed by atoms with Gasteiger partial charge in [-0.3, -0.25) is 4.79 Å². The van der Waals surface area contributed by atoms with Gasteiger partial charge in [-0.1, -0.05) is 77.5 Å². The van der Waals surface area contributed by atoms with Crippen LogP contribution in [0.5, 0.6) is 0 Å². The van der Waals surface area contributed by atoms with E-state index in [1.807, 2.05) is 37.3 Å². The van der Waals surface area contributed by atoms with Crippen LogP contribution < -0.4 is 5.32 Å². The van der Waals surface area contributed by atoms with Crippen LogP contribution in [0.2, 0.25) is 0 Å². The van der Waals surface area contributed by atoms with E-state index in [0.29, 0.717) is 6.54 Å². The predicted octanol–water partition coefficient (Wildman–Crippen LogP) is 5.27. The molecule has 0 saturated carbocycles. The molecule has 0 saturated heterocycles. The lowest BCUT2D eigenvalue weighted by atomic mass is 10.1. The summed E-state index contributed by atoms with van der Waals surface area (Å²) in [6.07, 6.45) is 0.776. The molecule has 0 radical (unpaired) electrons. The Morgan fingerprint density at radius 3 is 2.52 bits per heavy atom. The van der Waals surface area contributed by atoms with Crippen molar-refractivity contribution < 1.29 is 4.79 Å². The second-order valence-corrected chi connectivity index (χ2v) is 7.66. The first-order valence-electron chi connectivity index (χ1n) is 8.19. The highest BCUT2D eigenvalue weighted by atomic mass is 79.9. The number of hydrogen-bond acceptors (Lipinski definition) is 3. The van der Waals surface area contributed by atoms with Crippen LogP contribution in [0.25, 0.3) is 21.8 Å². The van der Waals surface area contributed by atoms with Gasteiger partial charge in [0.05, 0.1) is 10.5 Å². The predicted molar refractivity (Wildman–Crippen MR) is 108 cm³/mol.